The molecule has 0 fully saturated rings. The summed E-state index contributed by atoms with van der Waals surface area (Å²) in [5.74, 6) is -0.666. The van der Waals surface area contributed by atoms with Crippen LogP contribution in [0.1, 0.15) is 17.3 Å². The highest BCUT2D eigenvalue weighted by molar-refractivity contribution is 6.08. The largest absolute Gasteiger partial charge is 0.354 e. The SMILES string of the molecule is CC(=O)c1cc(-c2ccc(F)cc2)cc2cc(-c3ccc(F)cc3)[nH]c12. The number of fused-ring (bicyclic) bond motifs is 1. The summed E-state index contributed by atoms with van der Waals surface area (Å²) in [5, 5.41) is 0.872. The molecule has 0 bridgehead atoms. The van der Waals surface area contributed by atoms with Crippen LogP contribution in [0.3, 0.4) is 0 Å². The van der Waals surface area contributed by atoms with Gasteiger partial charge in [0.2, 0.25) is 0 Å². The van der Waals surface area contributed by atoms with E-state index in [0.717, 1.165) is 33.3 Å². The zero-order valence-corrected chi connectivity index (χ0v) is 14.0. The Morgan fingerprint density at radius 1 is 0.769 bits per heavy atom. The van der Waals surface area contributed by atoms with Crippen molar-refractivity contribution in [1.29, 1.82) is 0 Å². The summed E-state index contributed by atoms with van der Waals surface area (Å²) in [7, 11) is 0. The lowest BCUT2D eigenvalue weighted by atomic mass is 9.99. The minimum Gasteiger partial charge on any atom is -0.354 e. The average molecular weight is 347 g/mol. The zero-order valence-electron chi connectivity index (χ0n) is 14.0. The van der Waals surface area contributed by atoms with Crippen LogP contribution in [0.2, 0.25) is 0 Å². The van der Waals surface area contributed by atoms with Gasteiger partial charge in [0, 0.05) is 16.6 Å². The first kappa shape index (κ1) is 16.2. The first-order valence-corrected chi connectivity index (χ1v) is 8.21. The number of hydrogen-bond acceptors (Lipinski definition) is 1. The van der Waals surface area contributed by atoms with Crippen molar-refractivity contribution in [2.45, 2.75) is 6.92 Å². The Bertz CT molecular complexity index is 1110. The van der Waals surface area contributed by atoms with Crippen LogP contribution in [-0.4, -0.2) is 10.8 Å². The van der Waals surface area contributed by atoms with Gasteiger partial charge in [-0.3, -0.25) is 4.79 Å². The molecule has 1 aromatic heterocycles. The number of benzene rings is 3. The highest BCUT2D eigenvalue weighted by atomic mass is 19.1. The van der Waals surface area contributed by atoms with E-state index >= 15 is 0 Å². The Hall–Kier alpha value is -3.27. The molecule has 128 valence electrons. The molecule has 4 aromatic rings. The molecule has 1 N–H and O–H groups in total. The zero-order chi connectivity index (χ0) is 18.3. The van der Waals surface area contributed by atoms with Crippen molar-refractivity contribution in [3.8, 4) is 22.4 Å². The molecular weight excluding hydrogens is 332 g/mol. The Kier molecular flexibility index (Phi) is 3.88. The van der Waals surface area contributed by atoms with Crippen molar-refractivity contribution in [2.24, 2.45) is 0 Å². The lowest BCUT2D eigenvalue weighted by Gasteiger charge is -2.06. The second kappa shape index (κ2) is 6.23. The first-order valence-electron chi connectivity index (χ1n) is 8.21. The molecule has 26 heavy (non-hydrogen) atoms. The van der Waals surface area contributed by atoms with Gasteiger partial charge in [-0.25, -0.2) is 8.78 Å². The number of H-pyrrole nitrogens is 1. The first-order chi connectivity index (χ1) is 12.5. The van der Waals surface area contributed by atoms with Crippen molar-refractivity contribution in [3.63, 3.8) is 0 Å². The predicted octanol–water partition coefficient (Wildman–Crippen LogP) is 5.98. The number of rotatable bonds is 3. The fourth-order valence-electron chi connectivity index (χ4n) is 3.12. The van der Waals surface area contributed by atoms with Crippen LogP contribution >= 0.6 is 0 Å². The molecule has 4 rings (SSSR count). The van der Waals surface area contributed by atoms with E-state index < -0.39 is 0 Å². The van der Waals surface area contributed by atoms with Crippen LogP contribution in [0, 0.1) is 11.6 Å². The Balaban J connectivity index is 1.90. The smallest absolute Gasteiger partial charge is 0.161 e. The van der Waals surface area contributed by atoms with E-state index in [0.29, 0.717) is 5.56 Å². The molecule has 0 aliphatic carbocycles. The number of ketones is 1. The maximum Gasteiger partial charge on any atom is 0.161 e. The summed E-state index contributed by atoms with van der Waals surface area (Å²) in [6, 6.07) is 18.0. The van der Waals surface area contributed by atoms with Gasteiger partial charge in [0.05, 0.1) is 5.52 Å². The third-order valence-electron chi connectivity index (χ3n) is 4.44. The summed E-state index contributed by atoms with van der Waals surface area (Å²) >= 11 is 0. The van der Waals surface area contributed by atoms with E-state index in [1.54, 1.807) is 24.3 Å². The standard InChI is InChI=1S/C22H15F2NO/c1-13(26)20-11-16(14-2-6-18(23)7-3-14)10-17-12-21(25-22(17)20)15-4-8-19(24)9-5-15/h2-12,25H,1H3. The molecule has 0 unspecified atom stereocenters. The number of halogens is 2. The van der Waals surface area contributed by atoms with Crippen LogP contribution < -0.4 is 0 Å². The third kappa shape index (κ3) is 2.90. The molecule has 0 amide bonds. The monoisotopic (exact) mass is 347 g/mol. The van der Waals surface area contributed by atoms with Gasteiger partial charge in [-0.05, 0) is 78.2 Å². The van der Waals surface area contributed by atoms with E-state index in [1.165, 1.54) is 31.2 Å². The Morgan fingerprint density at radius 3 is 1.92 bits per heavy atom. The molecule has 3 aromatic carbocycles. The number of carbonyl (C=O) groups is 1. The number of hydrogen-bond donors (Lipinski definition) is 1. The molecule has 0 saturated heterocycles. The van der Waals surface area contributed by atoms with Gasteiger partial charge >= 0.3 is 0 Å². The minimum absolute atomic E-state index is 0.0635. The topological polar surface area (TPSA) is 32.9 Å². The number of aromatic nitrogens is 1. The Morgan fingerprint density at radius 2 is 1.35 bits per heavy atom. The molecule has 4 heteroatoms. The average Bonchev–Trinajstić information content (AvgIpc) is 3.06. The summed E-state index contributed by atoms with van der Waals surface area (Å²) < 4.78 is 26.4. The van der Waals surface area contributed by atoms with Gasteiger partial charge in [-0.15, -0.1) is 0 Å². The van der Waals surface area contributed by atoms with Crippen LogP contribution in [0.4, 0.5) is 8.78 Å². The number of nitrogens with one attached hydrogen (secondary N) is 1. The summed E-state index contributed by atoms with van der Waals surface area (Å²) in [6.07, 6.45) is 0. The highest BCUT2D eigenvalue weighted by Gasteiger charge is 2.13. The van der Waals surface area contributed by atoms with Crippen molar-refractivity contribution < 1.29 is 13.6 Å². The van der Waals surface area contributed by atoms with Gasteiger partial charge in [0.15, 0.2) is 5.78 Å². The van der Waals surface area contributed by atoms with E-state index in [9.17, 15) is 13.6 Å². The molecule has 2 nitrogen and oxygen atoms in total. The number of aromatic amines is 1. The molecule has 0 aliphatic rings. The molecular formula is C22H15F2NO. The van der Waals surface area contributed by atoms with Crippen LogP contribution in [0.25, 0.3) is 33.3 Å². The molecule has 0 saturated carbocycles. The molecule has 0 aliphatic heterocycles. The van der Waals surface area contributed by atoms with Gasteiger partial charge < -0.3 is 4.98 Å². The third-order valence-corrected chi connectivity index (χ3v) is 4.44. The summed E-state index contributed by atoms with van der Waals surface area (Å²) in [5.41, 5.74) is 4.62. The normalized spacial score (nSPS) is 11.0. The predicted molar refractivity (Wildman–Crippen MR) is 99.1 cm³/mol. The molecule has 0 radical (unpaired) electrons. The van der Waals surface area contributed by atoms with Crippen molar-refractivity contribution in [3.05, 3.63) is 83.9 Å². The second-order valence-electron chi connectivity index (χ2n) is 6.24. The number of carbonyl (C=O) groups excluding carboxylic acids is 1. The fraction of sp³-hybridized carbons (Fsp3) is 0.0455. The lowest BCUT2D eigenvalue weighted by Crippen LogP contribution is -1.95. The van der Waals surface area contributed by atoms with E-state index in [1.807, 2.05) is 18.2 Å². The quantitative estimate of drug-likeness (QED) is 0.454. The second-order valence-corrected chi connectivity index (χ2v) is 6.24. The van der Waals surface area contributed by atoms with Crippen molar-refractivity contribution in [1.82, 2.24) is 4.98 Å². The van der Waals surface area contributed by atoms with Crippen LogP contribution in [0.5, 0.6) is 0 Å². The maximum absolute atomic E-state index is 13.2. The van der Waals surface area contributed by atoms with Crippen molar-refractivity contribution >= 4 is 16.7 Å². The van der Waals surface area contributed by atoms with Gasteiger partial charge in [0.1, 0.15) is 11.6 Å². The van der Waals surface area contributed by atoms with Crippen molar-refractivity contribution in [2.75, 3.05) is 0 Å². The van der Waals surface area contributed by atoms with E-state index in [-0.39, 0.29) is 17.4 Å². The fourth-order valence-corrected chi connectivity index (χ4v) is 3.12. The minimum atomic E-state index is -0.304. The van der Waals surface area contributed by atoms with Crippen LogP contribution in [-0.2, 0) is 0 Å². The van der Waals surface area contributed by atoms with E-state index in [4.69, 9.17) is 0 Å². The maximum atomic E-state index is 13.2. The molecule has 0 atom stereocenters. The van der Waals surface area contributed by atoms with Gasteiger partial charge in [-0.2, -0.15) is 0 Å². The molecule has 0 spiro atoms. The summed E-state index contributed by atoms with van der Waals surface area (Å²) in [4.78, 5) is 15.4. The highest BCUT2D eigenvalue weighted by Crippen LogP contribution is 2.31. The lowest BCUT2D eigenvalue weighted by molar-refractivity contribution is 0.101. The number of Topliss-reactive ketones (excluding diaryl/α,β-unsaturated/α-hetero) is 1. The Labute approximate surface area is 149 Å². The van der Waals surface area contributed by atoms with Crippen LogP contribution in [0.15, 0.2) is 66.7 Å². The van der Waals surface area contributed by atoms with Gasteiger partial charge in [0.25, 0.3) is 0 Å². The molecule has 1 heterocycles. The van der Waals surface area contributed by atoms with E-state index in [2.05, 4.69) is 4.98 Å². The summed E-state index contributed by atoms with van der Waals surface area (Å²) in [6.45, 7) is 1.52. The van der Waals surface area contributed by atoms with Gasteiger partial charge in [-0.1, -0.05) is 12.1 Å².